The Balaban J connectivity index is 1.46. The van der Waals surface area contributed by atoms with Gasteiger partial charge in [-0.25, -0.2) is 0 Å². The molecule has 0 bridgehead atoms. The molecule has 4 rings (SSSR count). The van der Waals surface area contributed by atoms with E-state index in [1.807, 2.05) is 31.2 Å². The SMILES string of the molecule is Cc1ccc(-n2nnnc2S[C@@H](C)C(=O)Nc2ccc3c(c2)CCC3)cc1C. The fraction of sp³-hybridized carbons (Fsp3) is 0.333. The minimum absolute atomic E-state index is 0.0578. The number of carbonyl (C=O) groups excluding carboxylic acids is 1. The van der Waals surface area contributed by atoms with Crippen LogP contribution in [0.1, 0.15) is 35.6 Å². The lowest BCUT2D eigenvalue weighted by atomic mass is 10.1. The summed E-state index contributed by atoms with van der Waals surface area (Å²) in [5.74, 6) is -0.0578. The maximum Gasteiger partial charge on any atom is 0.237 e. The molecule has 28 heavy (non-hydrogen) atoms. The van der Waals surface area contributed by atoms with E-state index >= 15 is 0 Å². The molecule has 2 aromatic carbocycles. The standard InChI is InChI=1S/C21H23N5OS/c1-13-7-10-19(11-14(13)2)26-21(23-24-25-26)28-15(3)20(27)22-18-9-8-16-5-4-6-17(16)12-18/h7-12,15H,4-6H2,1-3H3,(H,22,27)/t15-/m0/s1. The zero-order chi connectivity index (χ0) is 19.7. The molecule has 0 fully saturated rings. The number of tetrazole rings is 1. The number of nitrogens with zero attached hydrogens (tertiary/aromatic N) is 4. The molecule has 7 heteroatoms. The second-order valence-corrected chi connectivity index (χ2v) is 8.54. The fourth-order valence-corrected chi connectivity index (χ4v) is 4.18. The van der Waals surface area contributed by atoms with E-state index in [1.54, 1.807) is 4.68 Å². The van der Waals surface area contributed by atoms with E-state index in [9.17, 15) is 4.79 Å². The van der Waals surface area contributed by atoms with Gasteiger partial charge in [0.2, 0.25) is 11.1 Å². The molecule has 0 saturated carbocycles. The average Bonchev–Trinajstić information content (AvgIpc) is 3.32. The number of carbonyl (C=O) groups is 1. The number of hydrogen-bond acceptors (Lipinski definition) is 5. The first-order valence-corrected chi connectivity index (χ1v) is 10.3. The van der Waals surface area contributed by atoms with Gasteiger partial charge >= 0.3 is 0 Å². The van der Waals surface area contributed by atoms with Crippen LogP contribution in [0.4, 0.5) is 5.69 Å². The van der Waals surface area contributed by atoms with Crippen molar-refractivity contribution in [2.24, 2.45) is 0 Å². The van der Waals surface area contributed by atoms with Gasteiger partial charge in [0.05, 0.1) is 10.9 Å². The molecule has 1 heterocycles. The second kappa shape index (κ2) is 7.75. The van der Waals surface area contributed by atoms with Gasteiger partial charge in [-0.05, 0) is 97.0 Å². The molecule has 1 aromatic heterocycles. The van der Waals surface area contributed by atoms with E-state index in [0.717, 1.165) is 24.2 Å². The molecule has 144 valence electrons. The highest BCUT2D eigenvalue weighted by Gasteiger charge is 2.20. The van der Waals surface area contributed by atoms with Crippen LogP contribution in [0.2, 0.25) is 0 Å². The van der Waals surface area contributed by atoms with Crippen LogP contribution >= 0.6 is 11.8 Å². The third-order valence-corrected chi connectivity index (χ3v) is 6.23. The van der Waals surface area contributed by atoms with Gasteiger partial charge in [0.25, 0.3) is 0 Å². The molecule has 1 amide bonds. The van der Waals surface area contributed by atoms with E-state index < -0.39 is 0 Å². The summed E-state index contributed by atoms with van der Waals surface area (Å²) >= 11 is 1.35. The summed E-state index contributed by atoms with van der Waals surface area (Å²) in [6.45, 7) is 6.00. The highest BCUT2D eigenvalue weighted by atomic mass is 32.2. The zero-order valence-corrected chi connectivity index (χ0v) is 17.1. The summed E-state index contributed by atoms with van der Waals surface area (Å²) < 4.78 is 1.68. The normalized spacial score (nSPS) is 14.0. The van der Waals surface area contributed by atoms with Crippen LogP contribution in [0.15, 0.2) is 41.6 Å². The molecule has 1 aliphatic rings. The maximum absolute atomic E-state index is 12.7. The number of nitrogens with one attached hydrogen (secondary N) is 1. The molecule has 0 spiro atoms. The largest absolute Gasteiger partial charge is 0.325 e. The monoisotopic (exact) mass is 393 g/mol. The van der Waals surface area contributed by atoms with Crippen molar-refractivity contribution in [1.82, 2.24) is 20.2 Å². The third kappa shape index (κ3) is 3.80. The van der Waals surface area contributed by atoms with Crippen LogP contribution in [0, 0.1) is 13.8 Å². The Morgan fingerprint density at radius 1 is 1.11 bits per heavy atom. The van der Waals surface area contributed by atoms with Crippen LogP contribution in [0.5, 0.6) is 0 Å². The van der Waals surface area contributed by atoms with E-state index in [-0.39, 0.29) is 11.2 Å². The minimum Gasteiger partial charge on any atom is -0.325 e. The minimum atomic E-state index is -0.329. The van der Waals surface area contributed by atoms with Crippen LogP contribution in [-0.2, 0) is 17.6 Å². The predicted molar refractivity (Wildman–Crippen MR) is 111 cm³/mol. The number of fused-ring (bicyclic) bond motifs is 1. The Hall–Kier alpha value is -2.67. The van der Waals surface area contributed by atoms with Crippen molar-refractivity contribution < 1.29 is 4.79 Å². The Bertz CT molecular complexity index is 1030. The fourth-order valence-electron chi connectivity index (χ4n) is 3.38. The van der Waals surface area contributed by atoms with Crippen molar-refractivity contribution in [3.63, 3.8) is 0 Å². The zero-order valence-electron chi connectivity index (χ0n) is 16.3. The summed E-state index contributed by atoms with van der Waals surface area (Å²) in [5, 5.41) is 15.3. The molecule has 0 saturated heterocycles. The Labute approximate surface area is 168 Å². The highest BCUT2D eigenvalue weighted by molar-refractivity contribution is 8.00. The number of hydrogen-bond donors (Lipinski definition) is 1. The van der Waals surface area contributed by atoms with Gasteiger partial charge in [0.1, 0.15) is 0 Å². The molecule has 6 nitrogen and oxygen atoms in total. The van der Waals surface area contributed by atoms with E-state index in [4.69, 9.17) is 0 Å². The van der Waals surface area contributed by atoms with Crippen molar-refractivity contribution in [2.45, 2.75) is 50.4 Å². The number of rotatable bonds is 5. The van der Waals surface area contributed by atoms with Gasteiger partial charge in [0, 0.05) is 5.69 Å². The van der Waals surface area contributed by atoms with Gasteiger partial charge in [-0.1, -0.05) is 23.9 Å². The third-order valence-electron chi connectivity index (χ3n) is 5.19. The van der Waals surface area contributed by atoms with E-state index in [0.29, 0.717) is 5.16 Å². The van der Waals surface area contributed by atoms with Crippen LogP contribution in [-0.4, -0.2) is 31.4 Å². The molecule has 0 aliphatic heterocycles. The van der Waals surface area contributed by atoms with Crippen molar-refractivity contribution in [3.8, 4) is 5.69 Å². The number of amides is 1. The summed E-state index contributed by atoms with van der Waals surface area (Å²) in [4.78, 5) is 12.7. The number of aryl methyl sites for hydroxylation is 4. The Morgan fingerprint density at radius 3 is 2.75 bits per heavy atom. The second-order valence-electron chi connectivity index (χ2n) is 7.23. The number of thioether (sulfide) groups is 1. The number of anilines is 1. The van der Waals surface area contributed by atoms with Crippen LogP contribution < -0.4 is 5.32 Å². The lowest BCUT2D eigenvalue weighted by Crippen LogP contribution is -2.23. The predicted octanol–water partition coefficient (Wildman–Crippen LogP) is 3.89. The lowest BCUT2D eigenvalue weighted by Gasteiger charge is -2.13. The quantitative estimate of drug-likeness (QED) is 0.666. The van der Waals surface area contributed by atoms with Crippen molar-refractivity contribution in [2.75, 3.05) is 5.32 Å². The topological polar surface area (TPSA) is 72.7 Å². The molecule has 1 atom stereocenters. The van der Waals surface area contributed by atoms with Gasteiger partial charge in [-0.2, -0.15) is 4.68 Å². The molecule has 0 unspecified atom stereocenters. The molecule has 1 N–H and O–H groups in total. The Morgan fingerprint density at radius 2 is 1.93 bits per heavy atom. The first-order valence-electron chi connectivity index (χ1n) is 9.46. The van der Waals surface area contributed by atoms with E-state index in [2.05, 4.69) is 46.8 Å². The summed E-state index contributed by atoms with van der Waals surface area (Å²) in [6.07, 6.45) is 3.42. The summed E-state index contributed by atoms with van der Waals surface area (Å²) in [7, 11) is 0. The molecule has 0 radical (unpaired) electrons. The Kier molecular flexibility index (Phi) is 5.17. The average molecular weight is 394 g/mol. The summed E-state index contributed by atoms with van der Waals surface area (Å²) in [6, 6.07) is 12.3. The maximum atomic E-state index is 12.7. The van der Waals surface area contributed by atoms with Crippen LogP contribution in [0.25, 0.3) is 5.69 Å². The van der Waals surface area contributed by atoms with Crippen molar-refractivity contribution in [3.05, 3.63) is 58.7 Å². The number of benzene rings is 2. The highest BCUT2D eigenvalue weighted by Crippen LogP contribution is 2.27. The number of aromatic nitrogens is 4. The van der Waals surface area contributed by atoms with Crippen molar-refractivity contribution >= 4 is 23.4 Å². The van der Waals surface area contributed by atoms with E-state index in [1.165, 1.54) is 40.4 Å². The first-order chi connectivity index (χ1) is 13.5. The lowest BCUT2D eigenvalue weighted by molar-refractivity contribution is -0.115. The summed E-state index contributed by atoms with van der Waals surface area (Å²) in [5.41, 5.74) is 6.87. The van der Waals surface area contributed by atoms with Crippen LogP contribution in [0.3, 0.4) is 0 Å². The molecule has 3 aromatic rings. The molecule has 1 aliphatic carbocycles. The first kappa shape index (κ1) is 18.7. The van der Waals surface area contributed by atoms with Gasteiger partial charge in [-0.15, -0.1) is 5.10 Å². The molecular formula is C21H23N5OS. The smallest absolute Gasteiger partial charge is 0.237 e. The molecular weight excluding hydrogens is 370 g/mol. The van der Waals surface area contributed by atoms with Gasteiger partial charge < -0.3 is 5.32 Å². The van der Waals surface area contributed by atoms with Gasteiger partial charge in [0.15, 0.2) is 0 Å². The van der Waals surface area contributed by atoms with Crippen molar-refractivity contribution in [1.29, 1.82) is 0 Å². The van der Waals surface area contributed by atoms with Gasteiger partial charge in [-0.3, -0.25) is 4.79 Å².